The van der Waals surface area contributed by atoms with Crippen LogP contribution in [0.5, 0.6) is 0 Å². The molecule has 1 aromatic carbocycles. The maximum Gasteiger partial charge on any atom is 0.140 e. The molecule has 1 aliphatic carbocycles. The predicted molar refractivity (Wildman–Crippen MR) is 69.6 cm³/mol. The Morgan fingerprint density at radius 3 is 2.76 bits per heavy atom. The van der Waals surface area contributed by atoms with Crippen molar-refractivity contribution < 1.29 is 4.79 Å². The minimum Gasteiger partial charge on any atom is -0.371 e. The molecule has 0 saturated heterocycles. The summed E-state index contributed by atoms with van der Waals surface area (Å²) in [4.78, 5) is 14.1. The van der Waals surface area contributed by atoms with Crippen molar-refractivity contribution in [3.63, 3.8) is 0 Å². The first kappa shape index (κ1) is 10.8. The van der Waals surface area contributed by atoms with Gasteiger partial charge in [-0.05, 0) is 50.3 Å². The van der Waals surface area contributed by atoms with Crippen LogP contribution in [0.2, 0.25) is 0 Å². The molecule has 1 fully saturated rings. The van der Waals surface area contributed by atoms with Crippen LogP contribution in [0.1, 0.15) is 37.8 Å². The molecular formula is C15H19NO. The van der Waals surface area contributed by atoms with Gasteiger partial charge in [0.25, 0.3) is 0 Å². The molecule has 2 aliphatic rings. The van der Waals surface area contributed by atoms with E-state index in [-0.39, 0.29) is 5.41 Å². The van der Waals surface area contributed by atoms with Crippen molar-refractivity contribution in [1.82, 2.24) is 0 Å². The fourth-order valence-corrected chi connectivity index (χ4v) is 3.07. The third-order valence-electron chi connectivity index (χ3n) is 4.43. The molecule has 0 amide bonds. The Kier molecular flexibility index (Phi) is 2.29. The number of rotatable bonds is 3. The molecule has 0 radical (unpaired) electrons. The molecule has 2 nitrogen and oxygen atoms in total. The lowest BCUT2D eigenvalue weighted by Crippen LogP contribution is -2.19. The van der Waals surface area contributed by atoms with E-state index in [1.807, 2.05) is 0 Å². The maximum atomic E-state index is 11.7. The van der Waals surface area contributed by atoms with Gasteiger partial charge < -0.3 is 4.90 Å². The van der Waals surface area contributed by atoms with Crippen LogP contribution in [-0.2, 0) is 16.6 Å². The molecule has 1 aliphatic heterocycles. The summed E-state index contributed by atoms with van der Waals surface area (Å²) in [5, 5.41) is 0. The molecule has 0 unspecified atom stereocenters. The zero-order chi connectivity index (χ0) is 12.0. The Labute approximate surface area is 103 Å². The summed E-state index contributed by atoms with van der Waals surface area (Å²) in [6.45, 7) is 6.13. The van der Waals surface area contributed by atoms with Crippen molar-refractivity contribution in [2.24, 2.45) is 0 Å². The number of hydrogen-bond donors (Lipinski definition) is 0. The van der Waals surface area contributed by atoms with E-state index in [4.69, 9.17) is 0 Å². The minimum atomic E-state index is -0.116. The number of Topliss-reactive ketones (excluding diaryl/α,β-unsaturated/α-hetero) is 1. The van der Waals surface area contributed by atoms with Gasteiger partial charge in [0.2, 0.25) is 0 Å². The zero-order valence-electron chi connectivity index (χ0n) is 10.6. The number of carbonyl (C=O) groups is 1. The smallest absolute Gasteiger partial charge is 0.140 e. The quantitative estimate of drug-likeness (QED) is 0.794. The normalized spacial score (nSPS) is 20.2. The van der Waals surface area contributed by atoms with Gasteiger partial charge in [0, 0.05) is 18.8 Å². The van der Waals surface area contributed by atoms with Crippen molar-refractivity contribution in [3.8, 4) is 0 Å². The Hall–Kier alpha value is -1.31. The van der Waals surface area contributed by atoms with E-state index < -0.39 is 0 Å². The van der Waals surface area contributed by atoms with Gasteiger partial charge in [0.05, 0.1) is 5.41 Å². The van der Waals surface area contributed by atoms with Crippen molar-refractivity contribution in [2.75, 3.05) is 18.0 Å². The van der Waals surface area contributed by atoms with Gasteiger partial charge in [-0.3, -0.25) is 4.79 Å². The van der Waals surface area contributed by atoms with Crippen LogP contribution >= 0.6 is 0 Å². The van der Waals surface area contributed by atoms with Gasteiger partial charge in [-0.1, -0.05) is 12.1 Å². The molecule has 2 heteroatoms. The fraction of sp³-hybridized carbons (Fsp3) is 0.533. The van der Waals surface area contributed by atoms with Crippen molar-refractivity contribution in [2.45, 2.75) is 38.5 Å². The lowest BCUT2D eigenvalue weighted by atomic mass is 9.90. The van der Waals surface area contributed by atoms with E-state index in [1.54, 1.807) is 6.92 Å². The molecule has 0 atom stereocenters. The van der Waals surface area contributed by atoms with Gasteiger partial charge in [-0.15, -0.1) is 0 Å². The molecule has 1 heterocycles. The standard InChI is InChI=1S/C15H19NO/c1-3-16-9-6-12-10-13(4-5-14(12)16)15(7-8-15)11(2)17/h4-5,10H,3,6-9H2,1-2H3. The second-order valence-electron chi connectivity index (χ2n) is 5.31. The van der Waals surface area contributed by atoms with E-state index in [1.165, 1.54) is 16.8 Å². The van der Waals surface area contributed by atoms with E-state index in [0.29, 0.717) is 5.78 Å². The highest BCUT2D eigenvalue weighted by molar-refractivity contribution is 5.91. The number of likely N-dealkylation sites (N-methyl/N-ethyl adjacent to an activating group) is 1. The number of anilines is 1. The van der Waals surface area contributed by atoms with Crippen molar-refractivity contribution in [1.29, 1.82) is 0 Å². The molecule has 17 heavy (non-hydrogen) atoms. The molecule has 1 saturated carbocycles. The van der Waals surface area contributed by atoms with Gasteiger partial charge in [0.15, 0.2) is 0 Å². The lowest BCUT2D eigenvalue weighted by molar-refractivity contribution is -0.119. The van der Waals surface area contributed by atoms with Gasteiger partial charge >= 0.3 is 0 Å². The summed E-state index contributed by atoms with van der Waals surface area (Å²) in [6, 6.07) is 6.66. The highest BCUT2D eigenvalue weighted by Gasteiger charge is 2.48. The largest absolute Gasteiger partial charge is 0.371 e. The zero-order valence-corrected chi connectivity index (χ0v) is 10.6. The number of fused-ring (bicyclic) bond motifs is 1. The number of hydrogen-bond acceptors (Lipinski definition) is 2. The number of carbonyl (C=O) groups excluding carboxylic acids is 1. The number of nitrogens with zero attached hydrogens (tertiary/aromatic N) is 1. The second kappa shape index (κ2) is 3.59. The molecule has 0 bridgehead atoms. The van der Waals surface area contributed by atoms with Crippen LogP contribution in [0.3, 0.4) is 0 Å². The third-order valence-corrected chi connectivity index (χ3v) is 4.43. The molecule has 1 aromatic rings. The highest BCUT2D eigenvalue weighted by Crippen LogP contribution is 2.50. The van der Waals surface area contributed by atoms with Crippen LogP contribution in [0.15, 0.2) is 18.2 Å². The topological polar surface area (TPSA) is 20.3 Å². The fourth-order valence-electron chi connectivity index (χ4n) is 3.07. The Bertz CT molecular complexity index is 474. The van der Waals surface area contributed by atoms with Gasteiger partial charge in [-0.2, -0.15) is 0 Å². The summed E-state index contributed by atoms with van der Waals surface area (Å²) in [5.74, 6) is 0.336. The monoisotopic (exact) mass is 229 g/mol. The first-order chi connectivity index (χ1) is 8.17. The van der Waals surface area contributed by atoms with E-state index in [2.05, 4.69) is 30.0 Å². The number of benzene rings is 1. The Morgan fingerprint density at radius 2 is 2.18 bits per heavy atom. The predicted octanol–water partition coefficient (Wildman–Crippen LogP) is 2.69. The Morgan fingerprint density at radius 1 is 1.41 bits per heavy atom. The van der Waals surface area contributed by atoms with Crippen molar-refractivity contribution >= 4 is 11.5 Å². The minimum absolute atomic E-state index is 0.116. The summed E-state index contributed by atoms with van der Waals surface area (Å²) < 4.78 is 0. The molecule has 3 rings (SSSR count). The highest BCUT2D eigenvalue weighted by atomic mass is 16.1. The third kappa shape index (κ3) is 1.50. The van der Waals surface area contributed by atoms with E-state index in [0.717, 1.165) is 32.4 Å². The van der Waals surface area contributed by atoms with Crippen LogP contribution in [0, 0.1) is 0 Å². The molecule has 0 spiro atoms. The van der Waals surface area contributed by atoms with Crippen LogP contribution in [0.4, 0.5) is 5.69 Å². The molecule has 0 N–H and O–H groups in total. The first-order valence-electron chi connectivity index (χ1n) is 6.57. The van der Waals surface area contributed by atoms with Gasteiger partial charge in [0.1, 0.15) is 5.78 Å². The maximum absolute atomic E-state index is 11.7. The number of ketones is 1. The Balaban J connectivity index is 1.98. The molecular weight excluding hydrogens is 210 g/mol. The van der Waals surface area contributed by atoms with Crippen molar-refractivity contribution in [3.05, 3.63) is 29.3 Å². The summed E-state index contributed by atoms with van der Waals surface area (Å²) in [5.41, 5.74) is 3.93. The summed E-state index contributed by atoms with van der Waals surface area (Å²) >= 11 is 0. The second-order valence-corrected chi connectivity index (χ2v) is 5.31. The molecule has 0 aromatic heterocycles. The average Bonchev–Trinajstić information content (AvgIpc) is 3.04. The van der Waals surface area contributed by atoms with Crippen LogP contribution < -0.4 is 4.90 Å². The summed E-state index contributed by atoms with van der Waals surface area (Å²) in [7, 11) is 0. The van der Waals surface area contributed by atoms with E-state index in [9.17, 15) is 4.79 Å². The summed E-state index contributed by atoms with van der Waals surface area (Å²) in [6.07, 6.45) is 3.21. The molecule has 90 valence electrons. The average molecular weight is 229 g/mol. The first-order valence-corrected chi connectivity index (χ1v) is 6.57. The lowest BCUT2D eigenvalue weighted by Gasteiger charge is -2.18. The van der Waals surface area contributed by atoms with E-state index >= 15 is 0 Å². The van der Waals surface area contributed by atoms with Gasteiger partial charge in [-0.25, -0.2) is 0 Å². The van der Waals surface area contributed by atoms with Crippen LogP contribution in [0.25, 0.3) is 0 Å². The van der Waals surface area contributed by atoms with Crippen LogP contribution in [-0.4, -0.2) is 18.9 Å². The SMILES string of the molecule is CCN1CCc2cc(C3(C(C)=O)CC3)ccc21.